The summed E-state index contributed by atoms with van der Waals surface area (Å²) in [6.45, 7) is 5.36. The van der Waals surface area contributed by atoms with E-state index in [-0.39, 0.29) is 24.2 Å². The number of benzene rings is 1. The number of carbonyl (C=O) groups is 2. The van der Waals surface area contributed by atoms with E-state index in [1.807, 2.05) is 17.0 Å². The highest BCUT2D eigenvalue weighted by Crippen LogP contribution is 2.42. The number of hydrogen-bond acceptors (Lipinski definition) is 7. The number of primary amides is 1. The molecule has 182 valence electrons. The minimum absolute atomic E-state index is 0.0326. The lowest BCUT2D eigenvalue weighted by molar-refractivity contribution is -0.133. The third-order valence-electron chi connectivity index (χ3n) is 6.64. The molecule has 0 bridgehead atoms. The molecule has 2 amide bonds. The first kappa shape index (κ1) is 24.4. The number of rotatable bonds is 8. The van der Waals surface area contributed by atoms with Crippen LogP contribution in [0, 0.1) is 0 Å². The van der Waals surface area contributed by atoms with E-state index in [0.717, 1.165) is 22.6 Å². The van der Waals surface area contributed by atoms with Crippen molar-refractivity contribution in [3.63, 3.8) is 0 Å². The summed E-state index contributed by atoms with van der Waals surface area (Å²) in [4.78, 5) is 37.5. The van der Waals surface area contributed by atoms with Crippen LogP contribution in [-0.4, -0.2) is 71.1 Å². The molecule has 0 spiro atoms. The number of halogens is 1. The SMILES string of the molecule is C[C@@H]1C[C@H](O)c2ncnc(N3CCN(C(=O)C(CNCCC(N)=O)c4ccc(Cl)cc4)CC3)c21. The van der Waals surface area contributed by atoms with Crippen molar-refractivity contribution in [2.75, 3.05) is 44.2 Å². The Hall–Kier alpha value is -2.75. The number of carbonyl (C=O) groups excluding carboxylic acids is 2. The van der Waals surface area contributed by atoms with Gasteiger partial charge in [-0.05, 0) is 30.0 Å². The zero-order valence-electron chi connectivity index (χ0n) is 19.3. The van der Waals surface area contributed by atoms with Crippen molar-refractivity contribution in [2.45, 2.75) is 37.7 Å². The van der Waals surface area contributed by atoms with E-state index in [0.29, 0.717) is 50.7 Å². The summed E-state index contributed by atoms with van der Waals surface area (Å²) in [5.74, 6) is 0.321. The summed E-state index contributed by atoms with van der Waals surface area (Å²) in [5, 5.41) is 14.1. The van der Waals surface area contributed by atoms with Crippen LogP contribution in [0.1, 0.15) is 54.5 Å². The summed E-state index contributed by atoms with van der Waals surface area (Å²) in [6.07, 6.45) is 1.85. The first-order chi connectivity index (χ1) is 16.3. The van der Waals surface area contributed by atoms with Gasteiger partial charge in [0.1, 0.15) is 12.1 Å². The first-order valence-electron chi connectivity index (χ1n) is 11.7. The number of nitrogens with one attached hydrogen (secondary N) is 1. The molecule has 0 saturated carbocycles. The summed E-state index contributed by atoms with van der Waals surface area (Å²) in [5.41, 5.74) is 7.85. The van der Waals surface area contributed by atoms with Gasteiger partial charge in [-0.1, -0.05) is 30.7 Å². The van der Waals surface area contributed by atoms with Crippen LogP contribution in [-0.2, 0) is 9.59 Å². The Balaban J connectivity index is 1.44. The van der Waals surface area contributed by atoms with Crippen LogP contribution in [0.3, 0.4) is 0 Å². The lowest BCUT2D eigenvalue weighted by Gasteiger charge is -2.38. The summed E-state index contributed by atoms with van der Waals surface area (Å²) < 4.78 is 0. The number of amides is 2. The quantitative estimate of drug-likeness (QED) is 0.483. The van der Waals surface area contributed by atoms with Crippen molar-refractivity contribution < 1.29 is 14.7 Å². The molecular weight excluding hydrogens is 456 g/mol. The van der Waals surface area contributed by atoms with Gasteiger partial charge in [-0.25, -0.2) is 9.97 Å². The molecule has 1 aromatic carbocycles. The van der Waals surface area contributed by atoms with Crippen LogP contribution < -0.4 is 16.0 Å². The minimum atomic E-state index is -0.545. The lowest BCUT2D eigenvalue weighted by atomic mass is 9.97. The van der Waals surface area contributed by atoms with E-state index >= 15 is 0 Å². The standard InChI is InChI=1S/C24H31ClN6O3/c1-15-12-19(32)22-21(15)23(29-14-28-22)30-8-10-31(11-9-30)24(34)18(13-27-7-6-20(26)33)16-2-4-17(25)5-3-16/h2-5,14-15,18-19,27,32H,6-13H2,1H3,(H2,26,33)/t15-,18?,19+/m1/s1. The molecule has 0 radical (unpaired) electrons. The van der Waals surface area contributed by atoms with Gasteiger partial charge in [-0.2, -0.15) is 0 Å². The van der Waals surface area contributed by atoms with Gasteiger partial charge in [0, 0.05) is 56.3 Å². The third kappa shape index (κ3) is 5.32. The molecule has 1 fully saturated rings. The second-order valence-corrected chi connectivity index (χ2v) is 9.42. The average molecular weight is 487 g/mol. The largest absolute Gasteiger partial charge is 0.387 e. The molecule has 4 rings (SSSR count). The van der Waals surface area contributed by atoms with Crippen LogP contribution in [0.15, 0.2) is 30.6 Å². The minimum Gasteiger partial charge on any atom is -0.387 e. The second-order valence-electron chi connectivity index (χ2n) is 8.99. The Bertz CT molecular complexity index is 1030. The number of fused-ring (bicyclic) bond motifs is 1. The molecule has 1 aromatic heterocycles. The number of piperazine rings is 1. The summed E-state index contributed by atoms with van der Waals surface area (Å²) >= 11 is 6.05. The topological polar surface area (TPSA) is 125 Å². The van der Waals surface area contributed by atoms with Gasteiger partial charge in [0.05, 0.1) is 17.7 Å². The zero-order chi connectivity index (χ0) is 24.2. The molecule has 34 heavy (non-hydrogen) atoms. The molecule has 2 aromatic rings. The Morgan fingerprint density at radius 2 is 1.91 bits per heavy atom. The van der Waals surface area contributed by atoms with E-state index in [2.05, 4.69) is 27.1 Å². The van der Waals surface area contributed by atoms with Crippen molar-refractivity contribution in [1.29, 1.82) is 0 Å². The molecule has 1 aliphatic carbocycles. The fourth-order valence-corrected chi connectivity index (χ4v) is 4.94. The van der Waals surface area contributed by atoms with Gasteiger partial charge < -0.3 is 26.0 Å². The Morgan fingerprint density at radius 3 is 2.59 bits per heavy atom. The van der Waals surface area contributed by atoms with Gasteiger partial charge in [0.2, 0.25) is 11.8 Å². The van der Waals surface area contributed by atoms with E-state index in [9.17, 15) is 14.7 Å². The van der Waals surface area contributed by atoms with Crippen LogP contribution in [0.5, 0.6) is 0 Å². The average Bonchev–Trinajstić information content (AvgIpc) is 3.13. The summed E-state index contributed by atoms with van der Waals surface area (Å²) in [6, 6.07) is 7.30. The molecule has 1 saturated heterocycles. The fraction of sp³-hybridized carbons (Fsp3) is 0.500. The van der Waals surface area contributed by atoms with Crippen LogP contribution in [0.25, 0.3) is 0 Å². The highest BCUT2D eigenvalue weighted by molar-refractivity contribution is 6.30. The number of hydrogen-bond donors (Lipinski definition) is 3. The Morgan fingerprint density at radius 1 is 1.21 bits per heavy atom. The molecule has 1 aliphatic heterocycles. The van der Waals surface area contributed by atoms with Gasteiger partial charge >= 0.3 is 0 Å². The number of nitrogens with zero attached hydrogens (tertiary/aromatic N) is 4. The van der Waals surface area contributed by atoms with E-state index in [1.165, 1.54) is 6.33 Å². The van der Waals surface area contributed by atoms with Gasteiger partial charge in [-0.3, -0.25) is 9.59 Å². The highest BCUT2D eigenvalue weighted by atomic mass is 35.5. The van der Waals surface area contributed by atoms with Crippen molar-refractivity contribution in [3.05, 3.63) is 52.4 Å². The maximum absolute atomic E-state index is 13.5. The van der Waals surface area contributed by atoms with E-state index in [4.69, 9.17) is 17.3 Å². The molecular formula is C24H31ClN6O3. The number of aromatic nitrogens is 2. The van der Waals surface area contributed by atoms with Crippen LogP contribution in [0.4, 0.5) is 5.82 Å². The predicted octanol–water partition coefficient (Wildman–Crippen LogP) is 1.57. The Kier molecular flexibility index (Phi) is 7.65. The maximum atomic E-state index is 13.5. The molecule has 10 heteroatoms. The number of aliphatic hydroxyl groups is 1. The lowest BCUT2D eigenvalue weighted by Crippen LogP contribution is -2.51. The summed E-state index contributed by atoms with van der Waals surface area (Å²) in [7, 11) is 0. The number of aliphatic hydroxyl groups excluding tert-OH is 1. The highest BCUT2D eigenvalue weighted by Gasteiger charge is 2.35. The number of nitrogens with two attached hydrogens (primary N) is 1. The number of anilines is 1. The normalized spacial score (nSPS) is 20.8. The third-order valence-corrected chi connectivity index (χ3v) is 6.89. The molecule has 1 unspecified atom stereocenters. The van der Waals surface area contributed by atoms with E-state index in [1.54, 1.807) is 12.1 Å². The molecule has 4 N–H and O–H groups in total. The van der Waals surface area contributed by atoms with Crippen LogP contribution >= 0.6 is 11.6 Å². The zero-order valence-corrected chi connectivity index (χ0v) is 20.0. The molecule has 2 aliphatic rings. The van der Waals surface area contributed by atoms with Gasteiger partial charge in [0.25, 0.3) is 0 Å². The van der Waals surface area contributed by atoms with Crippen molar-refractivity contribution >= 4 is 29.2 Å². The monoisotopic (exact) mass is 486 g/mol. The Labute approximate surface area is 204 Å². The van der Waals surface area contributed by atoms with Crippen molar-refractivity contribution in [1.82, 2.24) is 20.2 Å². The molecule has 2 heterocycles. The maximum Gasteiger partial charge on any atom is 0.231 e. The molecule has 9 nitrogen and oxygen atoms in total. The van der Waals surface area contributed by atoms with Crippen molar-refractivity contribution in [2.24, 2.45) is 5.73 Å². The fourth-order valence-electron chi connectivity index (χ4n) is 4.81. The first-order valence-corrected chi connectivity index (χ1v) is 12.0. The van der Waals surface area contributed by atoms with Gasteiger partial charge in [-0.15, -0.1) is 0 Å². The smallest absolute Gasteiger partial charge is 0.231 e. The predicted molar refractivity (Wildman–Crippen MR) is 130 cm³/mol. The van der Waals surface area contributed by atoms with Gasteiger partial charge in [0.15, 0.2) is 0 Å². The van der Waals surface area contributed by atoms with Crippen molar-refractivity contribution in [3.8, 4) is 0 Å². The molecule has 3 atom stereocenters. The second kappa shape index (κ2) is 10.7. The van der Waals surface area contributed by atoms with Crippen LogP contribution in [0.2, 0.25) is 5.02 Å². The van der Waals surface area contributed by atoms with E-state index < -0.39 is 12.0 Å².